The summed E-state index contributed by atoms with van der Waals surface area (Å²) in [6, 6.07) is 15.8. The first-order valence-corrected chi connectivity index (χ1v) is 8.15. The van der Waals surface area contributed by atoms with Crippen LogP contribution in [-0.2, 0) is 0 Å². The fraction of sp³-hybridized carbons (Fsp3) is 0.316. The number of nitrogens with zero attached hydrogens (tertiary/aromatic N) is 1. The maximum atomic E-state index is 12.8. The molecule has 0 aliphatic carbocycles. The lowest BCUT2D eigenvalue weighted by molar-refractivity contribution is 0.0794. The largest absolute Gasteiger partial charge is 0.399 e. The number of carbonyl (C=O) groups is 1. The van der Waals surface area contributed by atoms with Gasteiger partial charge < -0.3 is 16.0 Å². The second kappa shape index (κ2) is 6.73. The van der Waals surface area contributed by atoms with Crippen LogP contribution in [0.5, 0.6) is 0 Å². The van der Waals surface area contributed by atoms with Crippen LogP contribution in [0.4, 0.5) is 11.4 Å². The molecule has 1 heterocycles. The Morgan fingerprint density at radius 1 is 1.13 bits per heavy atom. The predicted octanol–water partition coefficient (Wildman–Crippen LogP) is 3.68. The molecule has 1 saturated heterocycles. The lowest BCUT2D eigenvalue weighted by Gasteiger charge is -2.21. The van der Waals surface area contributed by atoms with Crippen LogP contribution >= 0.6 is 0 Å². The molecule has 1 aliphatic heterocycles. The average molecular weight is 309 g/mol. The smallest absolute Gasteiger partial charge is 0.256 e. The van der Waals surface area contributed by atoms with Crippen LogP contribution in [0.1, 0.15) is 41.7 Å². The highest BCUT2D eigenvalue weighted by Gasteiger charge is 2.22. The lowest BCUT2D eigenvalue weighted by Crippen LogP contribution is -2.28. The topological polar surface area (TPSA) is 58.4 Å². The minimum Gasteiger partial charge on any atom is -0.399 e. The van der Waals surface area contributed by atoms with Gasteiger partial charge in [-0.05, 0) is 43.5 Å². The molecule has 0 saturated carbocycles. The molecule has 1 fully saturated rings. The van der Waals surface area contributed by atoms with E-state index in [1.54, 1.807) is 6.07 Å². The summed E-state index contributed by atoms with van der Waals surface area (Å²) >= 11 is 0. The Morgan fingerprint density at radius 3 is 2.52 bits per heavy atom. The summed E-state index contributed by atoms with van der Waals surface area (Å²) in [5.41, 5.74) is 9.21. The Balaban J connectivity index is 1.85. The highest BCUT2D eigenvalue weighted by molar-refractivity contribution is 6.00. The monoisotopic (exact) mass is 309 g/mol. The fourth-order valence-corrected chi connectivity index (χ4v) is 3.01. The van der Waals surface area contributed by atoms with Crippen LogP contribution < -0.4 is 11.1 Å². The molecule has 0 unspecified atom stereocenters. The molecule has 4 heteroatoms. The number of hydrogen-bond donors (Lipinski definition) is 2. The quantitative estimate of drug-likeness (QED) is 0.847. The van der Waals surface area contributed by atoms with Gasteiger partial charge in [-0.3, -0.25) is 4.79 Å². The van der Waals surface area contributed by atoms with Crippen LogP contribution in [0.15, 0.2) is 48.5 Å². The van der Waals surface area contributed by atoms with Gasteiger partial charge in [-0.25, -0.2) is 0 Å². The number of nitrogen functional groups attached to an aromatic ring is 1. The van der Waals surface area contributed by atoms with E-state index in [-0.39, 0.29) is 11.9 Å². The van der Waals surface area contributed by atoms with E-state index in [1.165, 1.54) is 5.56 Å². The van der Waals surface area contributed by atoms with Gasteiger partial charge in [0.25, 0.3) is 5.91 Å². The Kier molecular flexibility index (Phi) is 4.51. The van der Waals surface area contributed by atoms with Gasteiger partial charge in [0.1, 0.15) is 0 Å². The molecule has 1 atom stereocenters. The number of likely N-dealkylation sites (tertiary alicyclic amines) is 1. The van der Waals surface area contributed by atoms with Crippen molar-refractivity contribution in [1.29, 1.82) is 0 Å². The van der Waals surface area contributed by atoms with Crippen LogP contribution in [0.25, 0.3) is 0 Å². The molecular weight excluding hydrogens is 286 g/mol. The Bertz CT molecular complexity index is 678. The summed E-state index contributed by atoms with van der Waals surface area (Å²) in [7, 11) is 0. The lowest BCUT2D eigenvalue weighted by atomic mass is 10.1. The van der Waals surface area contributed by atoms with Gasteiger partial charge in [0.2, 0.25) is 0 Å². The fourth-order valence-electron chi connectivity index (χ4n) is 3.01. The number of anilines is 2. The van der Waals surface area contributed by atoms with Crippen molar-refractivity contribution in [3.8, 4) is 0 Å². The highest BCUT2D eigenvalue weighted by atomic mass is 16.2. The van der Waals surface area contributed by atoms with Crippen molar-refractivity contribution in [3.63, 3.8) is 0 Å². The molecule has 1 amide bonds. The number of nitrogens with one attached hydrogen (secondary N) is 1. The zero-order chi connectivity index (χ0) is 16.2. The Labute approximate surface area is 137 Å². The molecule has 4 nitrogen and oxygen atoms in total. The van der Waals surface area contributed by atoms with Crippen molar-refractivity contribution in [3.05, 3.63) is 59.7 Å². The standard InChI is InChI=1S/C19H23N3O/c1-14(15-7-3-2-4-8-15)21-18-10-9-16(20)13-17(18)19(23)22-11-5-6-12-22/h2-4,7-10,13-14,21H,5-6,11-12,20H2,1H3/t14-/m1/s1. The minimum atomic E-state index is 0.0672. The first-order chi connectivity index (χ1) is 11.1. The molecule has 0 aromatic heterocycles. The van der Waals surface area contributed by atoms with Crippen molar-refractivity contribution >= 4 is 17.3 Å². The predicted molar refractivity (Wildman–Crippen MR) is 94.5 cm³/mol. The van der Waals surface area contributed by atoms with Gasteiger partial charge in [-0.15, -0.1) is 0 Å². The van der Waals surface area contributed by atoms with Gasteiger partial charge in [-0.2, -0.15) is 0 Å². The highest BCUT2D eigenvalue weighted by Crippen LogP contribution is 2.26. The zero-order valence-corrected chi connectivity index (χ0v) is 13.5. The van der Waals surface area contributed by atoms with E-state index in [0.717, 1.165) is 31.6 Å². The Morgan fingerprint density at radius 2 is 1.83 bits per heavy atom. The van der Waals surface area contributed by atoms with E-state index in [4.69, 9.17) is 5.73 Å². The molecule has 2 aromatic carbocycles. The molecule has 3 N–H and O–H groups in total. The number of carbonyl (C=O) groups excluding carboxylic acids is 1. The summed E-state index contributed by atoms with van der Waals surface area (Å²) in [5, 5.41) is 3.46. The first kappa shape index (κ1) is 15.4. The van der Waals surface area contributed by atoms with Gasteiger partial charge in [-0.1, -0.05) is 30.3 Å². The molecular formula is C19H23N3O. The molecule has 120 valence electrons. The zero-order valence-electron chi connectivity index (χ0n) is 13.5. The second-order valence-electron chi connectivity index (χ2n) is 6.08. The van der Waals surface area contributed by atoms with Gasteiger partial charge >= 0.3 is 0 Å². The SMILES string of the molecule is C[C@@H](Nc1ccc(N)cc1C(=O)N1CCCC1)c1ccccc1. The van der Waals surface area contributed by atoms with Crippen molar-refractivity contribution in [1.82, 2.24) is 4.90 Å². The summed E-state index contributed by atoms with van der Waals surface area (Å²) in [6.45, 7) is 3.76. The van der Waals surface area contributed by atoms with Crippen molar-refractivity contribution in [2.45, 2.75) is 25.8 Å². The van der Waals surface area contributed by atoms with Crippen LogP contribution in [0.2, 0.25) is 0 Å². The number of amides is 1. The van der Waals surface area contributed by atoms with Crippen molar-refractivity contribution in [2.75, 3.05) is 24.1 Å². The summed E-state index contributed by atoms with van der Waals surface area (Å²) in [4.78, 5) is 14.7. The van der Waals surface area contributed by atoms with E-state index in [0.29, 0.717) is 11.3 Å². The average Bonchev–Trinajstić information content (AvgIpc) is 3.11. The van der Waals surface area contributed by atoms with E-state index in [1.807, 2.05) is 35.2 Å². The summed E-state index contributed by atoms with van der Waals surface area (Å²) in [6.07, 6.45) is 2.16. The molecule has 23 heavy (non-hydrogen) atoms. The minimum absolute atomic E-state index is 0.0672. The summed E-state index contributed by atoms with van der Waals surface area (Å²) in [5.74, 6) is 0.0672. The van der Waals surface area contributed by atoms with Gasteiger partial charge in [0, 0.05) is 30.5 Å². The third kappa shape index (κ3) is 3.47. The van der Waals surface area contributed by atoms with E-state index in [9.17, 15) is 4.79 Å². The van der Waals surface area contributed by atoms with E-state index in [2.05, 4.69) is 24.4 Å². The molecule has 3 rings (SSSR count). The maximum absolute atomic E-state index is 12.8. The van der Waals surface area contributed by atoms with Crippen LogP contribution in [0, 0.1) is 0 Å². The molecule has 2 aromatic rings. The van der Waals surface area contributed by atoms with Crippen molar-refractivity contribution in [2.24, 2.45) is 0 Å². The number of nitrogens with two attached hydrogens (primary N) is 1. The Hall–Kier alpha value is -2.49. The van der Waals surface area contributed by atoms with Crippen molar-refractivity contribution < 1.29 is 4.79 Å². The number of rotatable bonds is 4. The van der Waals surface area contributed by atoms with E-state index < -0.39 is 0 Å². The number of benzene rings is 2. The summed E-state index contributed by atoms with van der Waals surface area (Å²) < 4.78 is 0. The van der Waals surface area contributed by atoms with Crippen LogP contribution in [-0.4, -0.2) is 23.9 Å². The van der Waals surface area contributed by atoms with Crippen LogP contribution in [0.3, 0.4) is 0 Å². The van der Waals surface area contributed by atoms with Gasteiger partial charge in [0.15, 0.2) is 0 Å². The van der Waals surface area contributed by atoms with Gasteiger partial charge in [0.05, 0.1) is 5.56 Å². The maximum Gasteiger partial charge on any atom is 0.256 e. The molecule has 0 bridgehead atoms. The first-order valence-electron chi connectivity index (χ1n) is 8.15. The number of hydrogen-bond acceptors (Lipinski definition) is 3. The second-order valence-corrected chi connectivity index (χ2v) is 6.08. The third-order valence-corrected chi connectivity index (χ3v) is 4.34. The molecule has 0 radical (unpaired) electrons. The molecule has 0 spiro atoms. The molecule has 1 aliphatic rings. The van der Waals surface area contributed by atoms with E-state index >= 15 is 0 Å². The normalized spacial score (nSPS) is 15.4. The third-order valence-electron chi connectivity index (χ3n) is 4.34.